The van der Waals surface area contributed by atoms with E-state index in [0.29, 0.717) is 27.0 Å². The smallest absolute Gasteiger partial charge is 0.261 e. The summed E-state index contributed by atoms with van der Waals surface area (Å²) in [6, 6.07) is 15.3. The van der Waals surface area contributed by atoms with Gasteiger partial charge in [0.25, 0.3) is 5.91 Å². The number of aromatic nitrogens is 1. The summed E-state index contributed by atoms with van der Waals surface area (Å²) in [4.78, 5) is 12.9. The fourth-order valence-corrected chi connectivity index (χ4v) is 2.60. The average molecular weight is 388 g/mol. The molecule has 2 aromatic carbocycles. The summed E-state index contributed by atoms with van der Waals surface area (Å²) in [5, 5.41) is 7.78. The van der Waals surface area contributed by atoms with Crippen molar-refractivity contribution in [1.29, 1.82) is 0 Å². The van der Waals surface area contributed by atoms with Gasteiger partial charge in [0.05, 0.1) is 11.4 Å². The first kappa shape index (κ1) is 18.0. The minimum Gasteiger partial charge on any atom is -0.397 e. The highest BCUT2D eigenvalue weighted by atomic mass is 35.5. The van der Waals surface area contributed by atoms with Gasteiger partial charge in [-0.25, -0.2) is 0 Å². The number of nitrogens with one attached hydrogen (secondary N) is 1. The molecule has 0 saturated carbocycles. The van der Waals surface area contributed by atoms with Gasteiger partial charge in [-0.1, -0.05) is 40.5 Å². The monoisotopic (exact) mass is 387 g/mol. The number of nitrogens with two attached hydrogens (primary N) is 1. The maximum absolute atomic E-state index is 12.9. The molecule has 0 fully saturated rings. The summed E-state index contributed by atoms with van der Waals surface area (Å²) in [5.74, 6) is -0.141. The van der Waals surface area contributed by atoms with Crippen LogP contribution in [-0.2, 0) is 4.79 Å². The first-order valence-electron chi connectivity index (χ1n) is 7.70. The maximum atomic E-state index is 12.9. The highest BCUT2D eigenvalue weighted by Crippen LogP contribution is 2.26. The van der Waals surface area contributed by atoms with E-state index in [2.05, 4.69) is 10.5 Å². The van der Waals surface area contributed by atoms with E-state index >= 15 is 0 Å². The van der Waals surface area contributed by atoms with Crippen LogP contribution in [0.25, 0.3) is 11.3 Å². The van der Waals surface area contributed by atoms with Gasteiger partial charge in [0, 0.05) is 21.8 Å². The van der Waals surface area contributed by atoms with E-state index in [4.69, 9.17) is 33.5 Å². The lowest BCUT2D eigenvalue weighted by atomic mass is 10.0. The Bertz CT molecular complexity index is 961. The Morgan fingerprint density at radius 3 is 2.15 bits per heavy atom. The predicted molar refractivity (Wildman–Crippen MR) is 104 cm³/mol. The zero-order valence-electron chi connectivity index (χ0n) is 13.8. The summed E-state index contributed by atoms with van der Waals surface area (Å²) >= 11 is 11.8. The lowest BCUT2D eigenvalue weighted by Crippen LogP contribution is -2.17. The first-order valence-corrected chi connectivity index (χ1v) is 8.46. The van der Waals surface area contributed by atoms with E-state index in [1.54, 1.807) is 61.5 Å². The summed E-state index contributed by atoms with van der Waals surface area (Å²) in [7, 11) is 0. The third-order valence-corrected chi connectivity index (χ3v) is 4.13. The van der Waals surface area contributed by atoms with E-state index < -0.39 is 5.91 Å². The molecule has 3 aromatic rings. The van der Waals surface area contributed by atoms with Crippen molar-refractivity contribution >= 4 is 46.1 Å². The summed E-state index contributed by atoms with van der Waals surface area (Å²) in [6.45, 7) is 1.76. The van der Waals surface area contributed by atoms with Crippen LogP contribution in [0.2, 0.25) is 10.0 Å². The van der Waals surface area contributed by atoms with Crippen molar-refractivity contribution < 1.29 is 9.32 Å². The number of rotatable bonds is 4. The molecule has 5 nitrogen and oxygen atoms in total. The number of carbonyl (C=O) groups excluding carboxylic acids is 1. The number of anilines is 1. The number of benzene rings is 2. The van der Waals surface area contributed by atoms with Crippen LogP contribution in [0.5, 0.6) is 0 Å². The number of amides is 1. The van der Waals surface area contributed by atoms with Crippen LogP contribution < -0.4 is 11.1 Å². The van der Waals surface area contributed by atoms with Gasteiger partial charge in [-0.3, -0.25) is 4.79 Å². The summed E-state index contributed by atoms with van der Waals surface area (Å²) < 4.78 is 5.27. The molecule has 0 unspecified atom stereocenters. The van der Waals surface area contributed by atoms with Gasteiger partial charge < -0.3 is 15.6 Å². The topological polar surface area (TPSA) is 81.2 Å². The molecule has 1 aromatic heterocycles. The van der Waals surface area contributed by atoms with Crippen molar-refractivity contribution in [2.45, 2.75) is 6.92 Å². The molecule has 132 valence electrons. The van der Waals surface area contributed by atoms with Crippen LogP contribution in [0, 0.1) is 6.92 Å². The Hall–Kier alpha value is -2.76. The van der Waals surface area contributed by atoms with Crippen LogP contribution in [0.4, 0.5) is 5.69 Å². The molecule has 26 heavy (non-hydrogen) atoms. The van der Waals surface area contributed by atoms with E-state index in [0.717, 1.165) is 0 Å². The van der Waals surface area contributed by atoms with Gasteiger partial charge in [-0.05, 0) is 48.9 Å². The molecule has 7 heteroatoms. The third kappa shape index (κ3) is 4.07. The number of nitrogens with zero attached hydrogens (tertiary/aromatic N) is 1. The van der Waals surface area contributed by atoms with Crippen LogP contribution in [0.15, 0.2) is 59.1 Å². The van der Waals surface area contributed by atoms with Gasteiger partial charge in [-0.2, -0.15) is 0 Å². The Morgan fingerprint density at radius 1 is 1.04 bits per heavy atom. The van der Waals surface area contributed by atoms with E-state index in [9.17, 15) is 4.79 Å². The minimum atomic E-state index is -0.420. The molecular weight excluding hydrogens is 373 g/mol. The van der Waals surface area contributed by atoms with E-state index in [1.807, 2.05) is 0 Å². The number of halogens is 2. The number of hydrogen-bond donors (Lipinski definition) is 2. The zero-order chi connectivity index (χ0) is 18.7. The Kier molecular flexibility index (Phi) is 5.30. The molecule has 1 heterocycles. The quantitative estimate of drug-likeness (QED) is 0.632. The summed E-state index contributed by atoms with van der Waals surface area (Å²) in [5.41, 5.74) is 8.58. The van der Waals surface area contributed by atoms with E-state index in [1.165, 1.54) is 0 Å². The van der Waals surface area contributed by atoms with Crippen molar-refractivity contribution in [3.63, 3.8) is 0 Å². The summed E-state index contributed by atoms with van der Waals surface area (Å²) in [6.07, 6.45) is 0. The van der Waals surface area contributed by atoms with Crippen LogP contribution >= 0.6 is 23.2 Å². The Labute approximate surface area is 160 Å². The molecule has 0 radical (unpaired) electrons. The van der Waals surface area contributed by atoms with Gasteiger partial charge in [0.2, 0.25) is 0 Å². The molecule has 0 aliphatic carbocycles. The van der Waals surface area contributed by atoms with Crippen molar-refractivity contribution in [1.82, 2.24) is 5.16 Å². The fourth-order valence-electron chi connectivity index (χ4n) is 2.35. The van der Waals surface area contributed by atoms with E-state index in [-0.39, 0.29) is 17.0 Å². The zero-order valence-corrected chi connectivity index (χ0v) is 15.3. The molecule has 0 spiro atoms. The largest absolute Gasteiger partial charge is 0.397 e. The van der Waals surface area contributed by atoms with Crippen LogP contribution in [0.3, 0.4) is 0 Å². The van der Waals surface area contributed by atoms with Crippen LogP contribution in [0.1, 0.15) is 17.0 Å². The van der Waals surface area contributed by atoms with Crippen molar-refractivity contribution in [3.05, 3.63) is 81.7 Å². The van der Waals surface area contributed by atoms with Gasteiger partial charge in [-0.15, -0.1) is 0 Å². The van der Waals surface area contributed by atoms with Gasteiger partial charge >= 0.3 is 0 Å². The lowest BCUT2D eigenvalue weighted by Gasteiger charge is -2.11. The molecular formula is C19H15Cl2N3O2. The van der Waals surface area contributed by atoms with Crippen molar-refractivity contribution in [2.24, 2.45) is 5.73 Å². The molecule has 0 aliphatic rings. The molecule has 1 amide bonds. The number of aryl methyl sites for hydroxylation is 1. The molecule has 0 atom stereocenters. The predicted octanol–water partition coefficient (Wildman–Crippen LogP) is 4.76. The highest BCUT2D eigenvalue weighted by Gasteiger charge is 2.21. The Balaban J connectivity index is 2.03. The lowest BCUT2D eigenvalue weighted by molar-refractivity contribution is -0.111. The third-order valence-electron chi connectivity index (χ3n) is 3.63. The number of carbonyl (C=O) groups is 1. The molecule has 0 aliphatic heterocycles. The average Bonchev–Trinajstić information content (AvgIpc) is 3.03. The normalized spacial score (nSPS) is 11.8. The van der Waals surface area contributed by atoms with Crippen LogP contribution in [-0.4, -0.2) is 11.1 Å². The minimum absolute atomic E-state index is 0.183. The van der Waals surface area contributed by atoms with Gasteiger partial charge in [0.1, 0.15) is 5.57 Å². The molecule has 0 saturated heterocycles. The Morgan fingerprint density at radius 2 is 1.62 bits per heavy atom. The maximum Gasteiger partial charge on any atom is 0.261 e. The second-order valence-electron chi connectivity index (χ2n) is 5.59. The second-order valence-corrected chi connectivity index (χ2v) is 6.46. The van der Waals surface area contributed by atoms with Gasteiger partial charge in [0.15, 0.2) is 5.76 Å². The number of hydrogen-bond acceptors (Lipinski definition) is 4. The highest BCUT2D eigenvalue weighted by molar-refractivity contribution is 6.32. The fraction of sp³-hybridized carbons (Fsp3) is 0.0526. The van der Waals surface area contributed by atoms with Crippen molar-refractivity contribution in [2.75, 3.05) is 5.32 Å². The van der Waals surface area contributed by atoms with Crippen molar-refractivity contribution in [3.8, 4) is 0 Å². The molecule has 3 N–H and O–H groups in total. The SMILES string of the molecule is Cc1cc(C(C(=O)Nc2ccc(Cl)cc2)=C(N)c2ccc(Cl)cc2)on1. The standard InChI is InChI=1S/C19H15Cl2N3O2/c1-11-10-16(26-24-11)17(18(22)12-2-4-13(20)5-3-12)19(25)23-15-8-6-14(21)7-9-15/h2-10H,22H2,1H3,(H,23,25). The first-order chi connectivity index (χ1) is 12.4. The molecule has 3 rings (SSSR count). The molecule has 0 bridgehead atoms. The second kappa shape index (κ2) is 7.64.